The molecule has 1 aliphatic rings. The van der Waals surface area contributed by atoms with E-state index in [1.807, 2.05) is 11.8 Å². The lowest BCUT2D eigenvalue weighted by atomic mass is 10.2. The maximum Gasteiger partial charge on any atom is 0.241 e. The molecule has 7 heteroatoms. The third-order valence-corrected chi connectivity index (χ3v) is 7.04. The molecule has 2 rings (SSSR count). The van der Waals surface area contributed by atoms with Crippen molar-refractivity contribution in [2.45, 2.75) is 49.4 Å². The summed E-state index contributed by atoms with van der Waals surface area (Å²) >= 11 is 3.35. The van der Waals surface area contributed by atoms with Crippen LogP contribution in [0.15, 0.2) is 16.3 Å². The van der Waals surface area contributed by atoms with Crippen LogP contribution in [0, 0.1) is 0 Å². The van der Waals surface area contributed by atoms with Crippen LogP contribution in [0.2, 0.25) is 0 Å². The lowest BCUT2D eigenvalue weighted by Gasteiger charge is -2.09. The van der Waals surface area contributed by atoms with Crippen LogP contribution in [0.5, 0.6) is 0 Å². The van der Waals surface area contributed by atoms with Crippen LogP contribution in [0.3, 0.4) is 0 Å². The summed E-state index contributed by atoms with van der Waals surface area (Å²) in [7, 11) is -3.35. The molecule has 0 bridgehead atoms. The Morgan fingerprint density at radius 3 is 2.90 bits per heavy atom. The molecule has 1 saturated heterocycles. The zero-order valence-corrected chi connectivity index (χ0v) is 14.3. The molecule has 1 aliphatic heterocycles. The third-order valence-electron chi connectivity index (χ3n) is 3.15. The Hall–Kier alpha value is -0.0800. The van der Waals surface area contributed by atoms with Crippen LogP contribution in [0.1, 0.15) is 31.6 Å². The Labute approximate surface area is 129 Å². The Bertz CT molecular complexity index is 519. The van der Waals surface area contributed by atoms with E-state index in [0.29, 0.717) is 22.7 Å². The van der Waals surface area contributed by atoms with Crippen molar-refractivity contribution >= 4 is 33.1 Å². The van der Waals surface area contributed by atoms with Crippen LogP contribution < -0.4 is 10.0 Å². The minimum atomic E-state index is -3.35. The van der Waals surface area contributed by atoms with Crippen LogP contribution in [0.25, 0.3) is 0 Å². The number of thiophene rings is 1. The van der Waals surface area contributed by atoms with Crippen molar-refractivity contribution in [3.8, 4) is 0 Å². The zero-order valence-electron chi connectivity index (χ0n) is 11.9. The first kappa shape index (κ1) is 16.3. The molecule has 4 nitrogen and oxygen atoms in total. The van der Waals surface area contributed by atoms with Crippen LogP contribution in [-0.2, 0) is 16.6 Å². The van der Waals surface area contributed by atoms with Crippen molar-refractivity contribution in [1.29, 1.82) is 0 Å². The molecule has 1 fully saturated rings. The van der Waals surface area contributed by atoms with Gasteiger partial charge in [0, 0.05) is 34.6 Å². The van der Waals surface area contributed by atoms with Gasteiger partial charge in [0.2, 0.25) is 10.0 Å². The monoisotopic (exact) mass is 334 g/mol. The van der Waals surface area contributed by atoms with Crippen molar-refractivity contribution in [2.75, 3.05) is 12.3 Å². The SMILES string of the molecule is CC(C)NCc1cc(S(=O)(=O)NCC2CCCS2)cs1. The first-order chi connectivity index (χ1) is 9.47. The molecule has 0 aromatic carbocycles. The second-order valence-electron chi connectivity index (χ2n) is 5.27. The molecule has 1 unspecified atom stereocenters. The van der Waals surface area contributed by atoms with Crippen molar-refractivity contribution in [3.63, 3.8) is 0 Å². The fraction of sp³-hybridized carbons (Fsp3) is 0.692. The normalized spacial score (nSPS) is 19.9. The van der Waals surface area contributed by atoms with Crippen LogP contribution in [0.4, 0.5) is 0 Å². The lowest BCUT2D eigenvalue weighted by Crippen LogP contribution is -2.29. The summed E-state index contributed by atoms with van der Waals surface area (Å²) in [5.41, 5.74) is 0. The molecule has 0 spiro atoms. The highest BCUT2D eigenvalue weighted by Crippen LogP contribution is 2.26. The molecule has 1 aromatic heterocycles. The summed E-state index contributed by atoms with van der Waals surface area (Å²) in [4.78, 5) is 1.44. The van der Waals surface area contributed by atoms with E-state index in [1.165, 1.54) is 17.8 Å². The van der Waals surface area contributed by atoms with Gasteiger partial charge in [0.1, 0.15) is 0 Å². The zero-order chi connectivity index (χ0) is 14.6. The molecule has 20 heavy (non-hydrogen) atoms. The van der Waals surface area contributed by atoms with Crippen molar-refractivity contribution in [3.05, 3.63) is 16.3 Å². The first-order valence-electron chi connectivity index (χ1n) is 6.89. The summed E-state index contributed by atoms with van der Waals surface area (Å²) in [6.07, 6.45) is 2.31. The fourth-order valence-corrected chi connectivity index (χ4v) is 5.60. The summed E-state index contributed by atoms with van der Waals surface area (Å²) in [6.45, 7) is 5.41. The maximum absolute atomic E-state index is 12.2. The van der Waals surface area contributed by atoms with Gasteiger partial charge in [-0.25, -0.2) is 13.1 Å². The lowest BCUT2D eigenvalue weighted by molar-refractivity contribution is 0.578. The van der Waals surface area contributed by atoms with Gasteiger partial charge in [-0.2, -0.15) is 11.8 Å². The highest BCUT2D eigenvalue weighted by atomic mass is 32.2. The van der Waals surface area contributed by atoms with Crippen LogP contribution in [-0.4, -0.2) is 32.0 Å². The molecule has 114 valence electrons. The molecule has 1 atom stereocenters. The van der Waals surface area contributed by atoms with E-state index in [0.717, 1.165) is 23.6 Å². The molecule has 0 saturated carbocycles. The number of sulfonamides is 1. The minimum Gasteiger partial charge on any atom is -0.310 e. The molecule has 0 radical (unpaired) electrons. The number of rotatable bonds is 7. The van der Waals surface area contributed by atoms with Gasteiger partial charge in [-0.3, -0.25) is 0 Å². The van der Waals surface area contributed by atoms with Gasteiger partial charge in [-0.05, 0) is 24.7 Å². The van der Waals surface area contributed by atoms with E-state index in [4.69, 9.17) is 0 Å². The Balaban J connectivity index is 1.91. The van der Waals surface area contributed by atoms with Gasteiger partial charge in [0.05, 0.1) is 4.90 Å². The van der Waals surface area contributed by atoms with Gasteiger partial charge < -0.3 is 5.32 Å². The average Bonchev–Trinajstić information content (AvgIpc) is 3.05. The third kappa shape index (κ3) is 4.73. The number of nitrogens with one attached hydrogen (secondary N) is 2. The maximum atomic E-state index is 12.2. The predicted molar refractivity (Wildman–Crippen MR) is 87.0 cm³/mol. The molecule has 0 aliphatic carbocycles. The standard InChI is InChI=1S/C13H22N2O2S3/c1-10(2)14-7-12-6-13(9-19-12)20(16,17)15-8-11-4-3-5-18-11/h6,9-11,14-15H,3-5,7-8H2,1-2H3. The Morgan fingerprint density at radius 2 is 2.25 bits per heavy atom. The fourth-order valence-electron chi connectivity index (χ4n) is 1.99. The summed E-state index contributed by atoms with van der Waals surface area (Å²) < 4.78 is 27.1. The number of thioether (sulfide) groups is 1. The van der Waals surface area contributed by atoms with Crippen molar-refractivity contribution < 1.29 is 8.42 Å². The van der Waals surface area contributed by atoms with Gasteiger partial charge in [0.25, 0.3) is 0 Å². The minimum absolute atomic E-state index is 0.394. The van der Waals surface area contributed by atoms with Crippen LogP contribution >= 0.6 is 23.1 Å². The van der Waals surface area contributed by atoms with E-state index in [2.05, 4.69) is 23.9 Å². The average molecular weight is 335 g/mol. The Morgan fingerprint density at radius 1 is 1.45 bits per heavy atom. The molecule has 2 N–H and O–H groups in total. The van der Waals surface area contributed by atoms with E-state index >= 15 is 0 Å². The summed E-state index contributed by atoms with van der Waals surface area (Å²) in [5, 5.41) is 5.45. The highest BCUT2D eigenvalue weighted by Gasteiger charge is 2.21. The van der Waals surface area contributed by atoms with E-state index in [1.54, 1.807) is 11.4 Å². The quantitative estimate of drug-likeness (QED) is 0.804. The van der Waals surface area contributed by atoms with Gasteiger partial charge in [0.15, 0.2) is 0 Å². The topological polar surface area (TPSA) is 58.2 Å². The van der Waals surface area contributed by atoms with Crippen molar-refractivity contribution in [1.82, 2.24) is 10.0 Å². The molecular weight excluding hydrogens is 312 g/mol. The van der Waals surface area contributed by atoms with E-state index in [9.17, 15) is 8.42 Å². The summed E-state index contributed by atoms with van der Waals surface area (Å²) in [6, 6.07) is 2.17. The molecule has 0 amide bonds. The smallest absolute Gasteiger partial charge is 0.241 e. The second kappa shape index (κ2) is 7.26. The first-order valence-corrected chi connectivity index (χ1v) is 10.3. The summed E-state index contributed by atoms with van der Waals surface area (Å²) in [5.74, 6) is 1.15. The molecule has 2 heterocycles. The van der Waals surface area contributed by atoms with Gasteiger partial charge >= 0.3 is 0 Å². The number of hydrogen-bond donors (Lipinski definition) is 2. The highest BCUT2D eigenvalue weighted by molar-refractivity contribution is 8.00. The van der Waals surface area contributed by atoms with Gasteiger partial charge in [-0.15, -0.1) is 11.3 Å². The number of hydrogen-bond acceptors (Lipinski definition) is 5. The largest absolute Gasteiger partial charge is 0.310 e. The predicted octanol–water partition coefficient (Wildman–Crippen LogP) is 2.42. The van der Waals surface area contributed by atoms with Crippen molar-refractivity contribution in [2.24, 2.45) is 0 Å². The molecular formula is C13H22N2O2S3. The van der Waals surface area contributed by atoms with Gasteiger partial charge in [-0.1, -0.05) is 13.8 Å². The van der Waals surface area contributed by atoms with E-state index in [-0.39, 0.29) is 0 Å². The molecule has 1 aromatic rings. The van der Waals surface area contributed by atoms with E-state index < -0.39 is 10.0 Å². The Kier molecular flexibility index (Phi) is 5.92. The second-order valence-corrected chi connectivity index (χ2v) is 9.44.